The molecule has 1 heterocycles. The van der Waals surface area contributed by atoms with E-state index in [0.29, 0.717) is 0 Å². The lowest BCUT2D eigenvalue weighted by Crippen LogP contribution is -2.26. The lowest BCUT2D eigenvalue weighted by atomic mass is 10.4. The Morgan fingerprint density at radius 3 is 3.00 bits per heavy atom. The summed E-state index contributed by atoms with van der Waals surface area (Å²) in [6, 6.07) is 0. The van der Waals surface area contributed by atoms with E-state index in [1.54, 1.807) is 6.21 Å². The molecule has 62 valence electrons. The van der Waals surface area contributed by atoms with Crippen molar-refractivity contribution in [3.05, 3.63) is 12.0 Å². The standard InChI is InChI=1S/C8H14N2O/c1-3-8-10(9-4-2)6-5-7-11-8/h3-4H,5-7H2,1-2H3/b8-3+,9-4-. The van der Waals surface area contributed by atoms with Gasteiger partial charge in [-0.15, -0.1) is 0 Å². The van der Waals surface area contributed by atoms with Gasteiger partial charge in [-0.25, -0.2) is 5.01 Å². The van der Waals surface area contributed by atoms with E-state index in [1.807, 2.05) is 24.9 Å². The van der Waals surface area contributed by atoms with Crippen molar-refractivity contribution < 1.29 is 4.74 Å². The number of hydrogen-bond acceptors (Lipinski definition) is 3. The molecule has 0 saturated carbocycles. The number of rotatable bonds is 1. The van der Waals surface area contributed by atoms with Crippen molar-refractivity contribution in [3.63, 3.8) is 0 Å². The van der Waals surface area contributed by atoms with Gasteiger partial charge in [-0.05, 0) is 19.9 Å². The van der Waals surface area contributed by atoms with Crippen LogP contribution in [-0.2, 0) is 4.74 Å². The van der Waals surface area contributed by atoms with Gasteiger partial charge in [0.25, 0.3) is 0 Å². The summed E-state index contributed by atoms with van der Waals surface area (Å²) >= 11 is 0. The first kappa shape index (κ1) is 8.11. The molecule has 0 N–H and O–H groups in total. The van der Waals surface area contributed by atoms with Crippen LogP contribution in [0.3, 0.4) is 0 Å². The molecule has 0 aromatic carbocycles. The number of hydrogen-bond donors (Lipinski definition) is 0. The van der Waals surface area contributed by atoms with E-state index in [9.17, 15) is 0 Å². The maximum atomic E-state index is 5.37. The summed E-state index contributed by atoms with van der Waals surface area (Å²) in [5.74, 6) is 0.870. The van der Waals surface area contributed by atoms with E-state index in [1.165, 1.54) is 0 Å². The molecule has 0 aromatic rings. The minimum absolute atomic E-state index is 0.815. The van der Waals surface area contributed by atoms with Gasteiger partial charge in [-0.2, -0.15) is 5.10 Å². The third-order valence-electron chi connectivity index (χ3n) is 1.52. The van der Waals surface area contributed by atoms with Crippen molar-refractivity contribution in [1.82, 2.24) is 5.01 Å². The topological polar surface area (TPSA) is 24.8 Å². The second-order valence-corrected chi connectivity index (χ2v) is 2.33. The zero-order valence-electron chi connectivity index (χ0n) is 7.08. The quantitative estimate of drug-likeness (QED) is 0.535. The highest BCUT2D eigenvalue weighted by atomic mass is 16.5. The molecule has 0 aromatic heterocycles. The molecule has 1 fully saturated rings. The van der Waals surface area contributed by atoms with Gasteiger partial charge in [-0.3, -0.25) is 0 Å². The molecule has 0 unspecified atom stereocenters. The molecule has 0 spiro atoms. The van der Waals surface area contributed by atoms with Crippen LogP contribution in [0.25, 0.3) is 0 Å². The zero-order valence-corrected chi connectivity index (χ0v) is 7.08. The smallest absolute Gasteiger partial charge is 0.205 e. The highest BCUT2D eigenvalue weighted by molar-refractivity contribution is 5.52. The van der Waals surface area contributed by atoms with Crippen LogP contribution in [-0.4, -0.2) is 24.4 Å². The highest BCUT2D eigenvalue weighted by Gasteiger charge is 2.12. The molecule has 1 saturated heterocycles. The van der Waals surface area contributed by atoms with Crippen LogP contribution in [0.15, 0.2) is 17.1 Å². The highest BCUT2D eigenvalue weighted by Crippen LogP contribution is 2.13. The summed E-state index contributed by atoms with van der Waals surface area (Å²) in [6.45, 7) is 5.64. The molecule has 1 rings (SSSR count). The molecule has 0 bridgehead atoms. The van der Waals surface area contributed by atoms with Gasteiger partial charge in [0.1, 0.15) is 0 Å². The van der Waals surface area contributed by atoms with Gasteiger partial charge in [0.2, 0.25) is 5.88 Å². The Kier molecular flexibility index (Phi) is 2.95. The molecular formula is C8H14N2O. The van der Waals surface area contributed by atoms with Crippen molar-refractivity contribution in [2.75, 3.05) is 13.2 Å². The van der Waals surface area contributed by atoms with Gasteiger partial charge in [0.15, 0.2) is 0 Å². The number of allylic oxidation sites excluding steroid dienone is 1. The van der Waals surface area contributed by atoms with Gasteiger partial charge in [0.05, 0.1) is 6.61 Å². The van der Waals surface area contributed by atoms with Crippen LogP contribution < -0.4 is 0 Å². The lowest BCUT2D eigenvalue weighted by molar-refractivity contribution is 0.0663. The molecule has 11 heavy (non-hydrogen) atoms. The molecule has 0 atom stereocenters. The Hall–Kier alpha value is -0.990. The molecule has 3 heteroatoms. The molecule has 0 aliphatic carbocycles. The van der Waals surface area contributed by atoms with E-state index < -0.39 is 0 Å². The van der Waals surface area contributed by atoms with Crippen LogP contribution >= 0.6 is 0 Å². The fourth-order valence-electron chi connectivity index (χ4n) is 1.06. The predicted molar refractivity (Wildman–Crippen MR) is 45.2 cm³/mol. The van der Waals surface area contributed by atoms with Crippen molar-refractivity contribution in [2.24, 2.45) is 5.10 Å². The molecule has 3 nitrogen and oxygen atoms in total. The first-order valence-corrected chi connectivity index (χ1v) is 3.93. The first-order chi connectivity index (χ1) is 5.38. The Morgan fingerprint density at radius 1 is 1.55 bits per heavy atom. The van der Waals surface area contributed by atoms with E-state index >= 15 is 0 Å². The van der Waals surface area contributed by atoms with Crippen LogP contribution in [0.1, 0.15) is 20.3 Å². The van der Waals surface area contributed by atoms with E-state index in [0.717, 1.165) is 25.5 Å². The van der Waals surface area contributed by atoms with Gasteiger partial charge in [0, 0.05) is 19.2 Å². The minimum Gasteiger partial charge on any atom is -0.478 e. The van der Waals surface area contributed by atoms with E-state index in [4.69, 9.17) is 4.74 Å². The van der Waals surface area contributed by atoms with Crippen molar-refractivity contribution in [3.8, 4) is 0 Å². The maximum Gasteiger partial charge on any atom is 0.205 e. The van der Waals surface area contributed by atoms with Crippen LogP contribution in [0.4, 0.5) is 0 Å². The van der Waals surface area contributed by atoms with Gasteiger partial charge >= 0.3 is 0 Å². The number of ether oxygens (including phenoxy) is 1. The van der Waals surface area contributed by atoms with Crippen molar-refractivity contribution >= 4 is 6.21 Å². The fourth-order valence-corrected chi connectivity index (χ4v) is 1.06. The summed E-state index contributed by atoms with van der Waals surface area (Å²) in [6.07, 6.45) is 4.76. The SMILES string of the molecule is C/C=N\N1CCCO/C1=C/C. The van der Waals surface area contributed by atoms with Gasteiger partial charge < -0.3 is 4.74 Å². The average molecular weight is 154 g/mol. The summed E-state index contributed by atoms with van der Waals surface area (Å²) in [4.78, 5) is 0. The monoisotopic (exact) mass is 154 g/mol. The zero-order chi connectivity index (χ0) is 8.10. The Bertz CT molecular complexity index is 175. The molecule has 0 radical (unpaired) electrons. The third-order valence-corrected chi connectivity index (χ3v) is 1.52. The summed E-state index contributed by atoms with van der Waals surface area (Å²) < 4.78 is 5.37. The normalized spacial score (nSPS) is 22.7. The Morgan fingerprint density at radius 2 is 2.36 bits per heavy atom. The van der Waals surface area contributed by atoms with E-state index in [-0.39, 0.29) is 0 Å². The minimum atomic E-state index is 0.815. The fraction of sp³-hybridized carbons (Fsp3) is 0.625. The Labute approximate surface area is 67.3 Å². The second kappa shape index (κ2) is 4.01. The third kappa shape index (κ3) is 1.97. The van der Waals surface area contributed by atoms with Crippen LogP contribution in [0.2, 0.25) is 0 Å². The number of hydrazone groups is 1. The Balaban J connectivity index is 2.59. The molecule has 1 aliphatic heterocycles. The maximum absolute atomic E-state index is 5.37. The molecule has 1 aliphatic rings. The molecule has 0 amide bonds. The largest absolute Gasteiger partial charge is 0.478 e. The van der Waals surface area contributed by atoms with Crippen LogP contribution in [0, 0.1) is 0 Å². The predicted octanol–water partition coefficient (Wildman–Crippen LogP) is 1.58. The first-order valence-electron chi connectivity index (χ1n) is 3.93. The van der Waals surface area contributed by atoms with Crippen LogP contribution in [0.5, 0.6) is 0 Å². The number of nitrogens with zero attached hydrogens (tertiary/aromatic N) is 2. The summed E-state index contributed by atoms with van der Waals surface area (Å²) in [5, 5.41) is 6.03. The van der Waals surface area contributed by atoms with E-state index in [2.05, 4.69) is 5.10 Å². The second-order valence-electron chi connectivity index (χ2n) is 2.33. The average Bonchev–Trinajstić information content (AvgIpc) is 2.06. The summed E-state index contributed by atoms with van der Waals surface area (Å²) in [5.41, 5.74) is 0. The van der Waals surface area contributed by atoms with Crippen molar-refractivity contribution in [2.45, 2.75) is 20.3 Å². The lowest BCUT2D eigenvalue weighted by Gasteiger charge is -2.26. The summed E-state index contributed by atoms with van der Waals surface area (Å²) in [7, 11) is 0. The van der Waals surface area contributed by atoms with Gasteiger partial charge in [-0.1, -0.05) is 0 Å². The molecular weight excluding hydrogens is 140 g/mol. The van der Waals surface area contributed by atoms with Crippen molar-refractivity contribution in [1.29, 1.82) is 0 Å².